The fourth-order valence-corrected chi connectivity index (χ4v) is 4.57. The van der Waals surface area contributed by atoms with Crippen molar-refractivity contribution in [1.82, 2.24) is 0 Å². The summed E-state index contributed by atoms with van der Waals surface area (Å²) in [6.07, 6.45) is -0.832. The third kappa shape index (κ3) is 5.53. The molecule has 2 N–H and O–H groups in total. The molecular weight excluding hydrogens is 446 g/mol. The molecule has 4 aromatic rings. The lowest BCUT2D eigenvalue weighted by atomic mass is 9.99. The highest BCUT2D eigenvalue weighted by Crippen LogP contribution is 2.37. The summed E-state index contributed by atoms with van der Waals surface area (Å²) in [5.74, 6) is -0.842. The quantitative estimate of drug-likeness (QED) is 0.296. The minimum absolute atomic E-state index is 0.0130. The molecule has 5 nitrogen and oxygen atoms in total. The predicted octanol–water partition coefficient (Wildman–Crippen LogP) is 7.33. The van der Waals surface area contributed by atoms with E-state index in [4.69, 9.17) is 9.84 Å². The largest absolute Gasteiger partial charge is 0.481 e. The molecule has 4 rings (SSSR count). The smallest absolute Gasteiger partial charge is 0.412 e. The second-order valence-corrected chi connectivity index (χ2v) is 9.09. The molecule has 0 spiro atoms. The maximum atomic E-state index is 12.6. The maximum Gasteiger partial charge on any atom is 0.412 e. The molecule has 0 saturated carbocycles. The van der Waals surface area contributed by atoms with E-state index in [-0.39, 0.29) is 12.5 Å². The van der Waals surface area contributed by atoms with Gasteiger partial charge in [0, 0.05) is 15.8 Å². The summed E-state index contributed by atoms with van der Waals surface area (Å²) in [5.41, 5.74) is 6.43. The second-order valence-electron chi connectivity index (χ2n) is 8.01. The van der Waals surface area contributed by atoms with Crippen molar-refractivity contribution in [2.45, 2.75) is 26.4 Å². The van der Waals surface area contributed by atoms with E-state index in [1.807, 2.05) is 98.1 Å². The first kappa shape index (κ1) is 23.3. The molecular formula is C28H25NO4S. The van der Waals surface area contributed by atoms with Gasteiger partial charge in [0.1, 0.15) is 6.10 Å². The van der Waals surface area contributed by atoms with Gasteiger partial charge < -0.3 is 9.84 Å². The Hall–Kier alpha value is -3.90. The van der Waals surface area contributed by atoms with E-state index in [9.17, 15) is 9.59 Å². The van der Waals surface area contributed by atoms with Gasteiger partial charge in [-0.05, 0) is 41.7 Å². The maximum absolute atomic E-state index is 12.6. The van der Waals surface area contributed by atoms with Crippen LogP contribution in [0.1, 0.15) is 29.0 Å². The minimum Gasteiger partial charge on any atom is -0.481 e. The molecule has 1 atom stereocenters. The van der Waals surface area contributed by atoms with E-state index in [0.29, 0.717) is 0 Å². The minimum atomic E-state index is -0.842. The number of benzene rings is 3. The molecule has 1 amide bonds. The Bertz CT molecular complexity index is 1280. The van der Waals surface area contributed by atoms with Crippen LogP contribution >= 0.6 is 11.3 Å². The highest BCUT2D eigenvalue weighted by Gasteiger charge is 2.17. The molecule has 34 heavy (non-hydrogen) atoms. The lowest BCUT2D eigenvalue weighted by Gasteiger charge is -2.15. The fraction of sp³-hybridized carbons (Fsp3) is 0.143. The van der Waals surface area contributed by atoms with Crippen molar-refractivity contribution in [3.8, 4) is 22.3 Å². The zero-order chi connectivity index (χ0) is 24.1. The highest BCUT2D eigenvalue weighted by molar-refractivity contribution is 7.11. The number of carbonyl (C=O) groups excluding carboxylic acids is 1. The first-order chi connectivity index (χ1) is 16.4. The summed E-state index contributed by atoms with van der Waals surface area (Å²) in [6, 6.07) is 25.2. The van der Waals surface area contributed by atoms with Crippen molar-refractivity contribution >= 4 is 29.1 Å². The number of carbonyl (C=O) groups is 2. The standard InChI is InChI=1S/C28H25NO4S/c1-18(21-6-4-3-5-7-21)33-28(32)29-27-19(2)34-17-25(27)24-14-12-23(13-15-24)22-10-8-20(9-11-22)16-26(30)31/h3-15,17-18H,16H2,1-2H3,(H,29,32)(H,30,31). The summed E-state index contributed by atoms with van der Waals surface area (Å²) in [4.78, 5) is 24.5. The van der Waals surface area contributed by atoms with Crippen molar-refractivity contribution < 1.29 is 19.4 Å². The van der Waals surface area contributed by atoms with Gasteiger partial charge in [0.15, 0.2) is 0 Å². The number of ether oxygens (including phenoxy) is 1. The molecule has 0 aliphatic heterocycles. The zero-order valence-electron chi connectivity index (χ0n) is 18.9. The number of anilines is 1. The monoisotopic (exact) mass is 471 g/mol. The van der Waals surface area contributed by atoms with Gasteiger partial charge in [-0.3, -0.25) is 10.1 Å². The van der Waals surface area contributed by atoms with E-state index in [2.05, 4.69) is 5.32 Å². The lowest BCUT2D eigenvalue weighted by Crippen LogP contribution is -2.16. The van der Waals surface area contributed by atoms with Crippen LogP contribution < -0.4 is 5.32 Å². The molecule has 172 valence electrons. The van der Waals surface area contributed by atoms with Crippen molar-refractivity contribution in [2.75, 3.05) is 5.32 Å². The number of aliphatic carboxylic acids is 1. The molecule has 1 aromatic heterocycles. The Labute approximate surface area is 202 Å². The average molecular weight is 472 g/mol. The second kappa shape index (κ2) is 10.4. The van der Waals surface area contributed by atoms with Crippen LogP contribution in [-0.4, -0.2) is 17.2 Å². The number of hydrogen-bond acceptors (Lipinski definition) is 4. The van der Waals surface area contributed by atoms with E-state index in [1.165, 1.54) is 0 Å². The number of aryl methyl sites for hydroxylation is 1. The lowest BCUT2D eigenvalue weighted by molar-refractivity contribution is -0.136. The van der Waals surface area contributed by atoms with Crippen LogP contribution in [0.25, 0.3) is 22.3 Å². The van der Waals surface area contributed by atoms with Gasteiger partial charge in [-0.1, -0.05) is 78.9 Å². The first-order valence-electron chi connectivity index (χ1n) is 10.9. The van der Waals surface area contributed by atoms with E-state index >= 15 is 0 Å². The van der Waals surface area contributed by atoms with Crippen LogP contribution in [0, 0.1) is 6.92 Å². The normalized spacial score (nSPS) is 11.6. The zero-order valence-corrected chi connectivity index (χ0v) is 19.8. The molecule has 0 radical (unpaired) electrons. The number of thiophene rings is 1. The summed E-state index contributed by atoms with van der Waals surface area (Å²) < 4.78 is 5.58. The molecule has 1 unspecified atom stereocenters. The Kier molecular flexibility index (Phi) is 7.09. The number of hydrogen-bond donors (Lipinski definition) is 2. The van der Waals surface area contributed by atoms with Gasteiger partial charge in [0.2, 0.25) is 0 Å². The summed E-state index contributed by atoms with van der Waals surface area (Å²) >= 11 is 1.57. The van der Waals surface area contributed by atoms with Gasteiger partial charge in [-0.25, -0.2) is 4.79 Å². The predicted molar refractivity (Wildman–Crippen MR) is 136 cm³/mol. The van der Waals surface area contributed by atoms with E-state index in [0.717, 1.165) is 43.9 Å². The Balaban J connectivity index is 1.48. The number of carboxylic acids is 1. The molecule has 0 bridgehead atoms. The molecule has 0 saturated heterocycles. The van der Waals surface area contributed by atoms with Crippen LogP contribution in [-0.2, 0) is 16.0 Å². The van der Waals surface area contributed by atoms with Crippen LogP contribution in [0.4, 0.5) is 10.5 Å². The molecule has 0 aliphatic carbocycles. The Morgan fingerprint density at radius 3 is 2.12 bits per heavy atom. The number of amides is 1. The van der Waals surface area contributed by atoms with Crippen LogP contribution in [0.15, 0.2) is 84.2 Å². The van der Waals surface area contributed by atoms with Crippen molar-refractivity contribution in [2.24, 2.45) is 0 Å². The Morgan fingerprint density at radius 2 is 1.50 bits per heavy atom. The summed E-state index contributed by atoms with van der Waals surface area (Å²) in [5, 5.41) is 13.9. The van der Waals surface area contributed by atoms with Gasteiger partial charge >= 0.3 is 12.1 Å². The van der Waals surface area contributed by atoms with E-state index in [1.54, 1.807) is 11.3 Å². The van der Waals surface area contributed by atoms with Gasteiger partial charge in [0.25, 0.3) is 0 Å². The molecule has 0 fully saturated rings. The van der Waals surface area contributed by atoms with Crippen LogP contribution in [0.5, 0.6) is 0 Å². The molecule has 6 heteroatoms. The molecule has 3 aromatic carbocycles. The third-order valence-electron chi connectivity index (χ3n) is 5.59. The van der Waals surface area contributed by atoms with Crippen molar-refractivity contribution in [3.05, 3.63) is 100 Å². The summed E-state index contributed by atoms with van der Waals surface area (Å²) in [7, 11) is 0. The number of carboxylic acid groups (broad SMARTS) is 1. The Morgan fingerprint density at radius 1 is 0.912 bits per heavy atom. The van der Waals surface area contributed by atoms with Crippen molar-refractivity contribution in [1.29, 1.82) is 0 Å². The van der Waals surface area contributed by atoms with Crippen molar-refractivity contribution in [3.63, 3.8) is 0 Å². The molecule has 1 heterocycles. The first-order valence-corrected chi connectivity index (χ1v) is 11.8. The SMILES string of the molecule is Cc1scc(-c2ccc(-c3ccc(CC(=O)O)cc3)cc2)c1NC(=O)OC(C)c1ccccc1. The third-order valence-corrected chi connectivity index (χ3v) is 6.50. The average Bonchev–Trinajstić information content (AvgIpc) is 3.19. The van der Waals surface area contributed by atoms with Gasteiger partial charge in [-0.15, -0.1) is 11.3 Å². The number of nitrogens with one attached hydrogen (secondary N) is 1. The van der Waals surface area contributed by atoms with Crippen LogP contribution in [0.3, 0.4) is 0 Å². The number of rotatable bonds is 7. The topological polar surface area (TPSA) is 75.6 Å². The van der Waals surface area contributed by atoms with Crippen LogP contribution in [0.2, 0.25) is 0 Å². The van der Waals surface area contributed by atoms with Gasteiger partial charge in [0.05, 0.1) is 12.1 Å². The molecule has 0 aliphatic rings. The fourth-order valence-electron chi connectivity index (χ4n) is 3.74. The van der Waals surface area contributed by atoms with Gasteiger partial charge in [-0.2, -0.15) is 0 Å². The van der Waals surface area contributed by atoms with E-state index < -0.39 is 12.1 Å². The summed E-state index contributed by atoms with van der Waals surface area (Å²) in [6.45, 7) is 3.82. The highest BCUT2D eigenvalue weighted by atomic mass is 32.1.